The van der Waals surface area contributed by atoms with Gasteiger partial charge in [-0.15, -0.1) is 0 Å². The van der Waals surface area contributed by atoms with Crippen LogP contribution < -0.4 is 14.4 Å². The summed E-state index contributed by atoms with van der Waals surface area (Å²) in [7, 11) is -3.53. The molecule has 0 radical (unpaired) electrons. The number of hydrogen-bond donors (Lipinski definition) is 1. The molecule has 0 aromatic heterocycles. The number of carbonyl (C=O) groups excluding carboxylic acids is 1. The van der Waals surface area contributed by atoms with E-state index in [0.29, 0.717) is 29.4 Å². The number of amides is 1. The summed E-state index contributed by atoms with van der Waals surface area (Å²) in [4.78, 5) is 12.5. The number of benzene rings is 3. The minimum atomic E-state index is -3.53. The minimum Gasteiger partial charge on any atom is -0.492 e. The van der Waals surface area contributed by atoms with E-state index in [1.807, 2.05) is 24.3 Å². The van der Waals surface area contributed by atoms with Crippen molar-refractivity contribution in [2.45, 2.75) is 26.3 Å². The zero-order chi connectivity index (χ0) is 24.6. The van der Waals surface area contributed by atoms with Crippen LogP contribution in [0, 0.1) is 0 Å². The van der Waals surface area contributed by atoms with Crippen LogP contribution in [-0.2, 0) is 23.0 Å². The Labute approximate surface area is 206 Å². The Balaban J connectivity index is 1.55. The fourth-order valence-corrected chi connectivity index (χ4v) is 4.43. The SMILES string of the molecule is CCCc1ccc(OCCNC(=O)c2ccc(N(Cc3ccc(Cl)cc3)S(C)(=O)=O)cc2)cc1. The van der Waals surface area contributed by atoms with Gasteiger partial charge in [-0.2, -0.15) is 0 Å². The fourth-order valence-electron chi connectivity index (χ4n) is 3.41. The number of rotatable bonds is 11. The molecule has 34 heavy (non-hydrogen) atoms. The van der Waals surface area contributed by atoms with Crippen molar-refractivity contribution in [2.75, 3.05) is 23.7 Å². The molecule has 0 aliphatic rings. The molecule has 6 nitrogen and oxygen atoms in total. The highest BCUT2D eigenvalue weighted by Gasteiger charge is 2.18. The first kappa shape index (κ1) is 25.6. The monoisotopic (exact) mass is 500 g/mol. The van der Waals surface area contributed by atoms with Crippen molar-refractivity contribution in [1.82, 2.24) is 5.32 Å². The van der Waals surface area contributed by atoms with Gasteiger partial charge >= 0.3 is 0 Å². The van der Waals surface area contributed by atoms with Gasteiger partial charge in [0.15, 0.2) is 0 Å². The molecule has 0 aliphatic heterocycles. The molecule has 8 heteroatoms. The number of ether oxygens (including phenoxy) is 1. The maximum Gasteiger partial charge on any atom is 0.251 e. The van der Waals surface area contributed by atoms with Crippen molar-refractivity contribution in [1.29, 1.82) is 0 Å². The second-order valence-corrected chi connectivity index (χ2v) is 10.3. The average Bonchev–Trinajstić information content (AvgIpc) is 2.82. The van der Waals surface area contributed by atoms with Crippen LogP contribution in [0.2, 0.25) is 5.02 Å². The van der Waals surface area contributed by atoms with Gasteiger partial charge in [0, 0.05) is 10.6 Å². The predicted octanol–water partition coefficient (Wildman–Crippen LogP) is 5.07. The highest BCUT2D eigenvalue weighted by molar-refractivity contribution is 7.92. The molecule has 0 bridgehead atoms. The molecule has 3 rings (SSSR count). The van der Waals surface area contributed by atoms with E-state index < -0.39 is 10.0 Å². The lowest BCUT2D eigenvalue weighted by Gasteiger charge is -2.23. The van der Waals surface area contributed by atoms with E-state index in [1.54, 1.807) is 48.5 Å². The zero-order valence-electron chi connectivity index (χ0n) is 19.3. The third-order valence-electron chi connectivity index (χ3n) is 5.18. The van der Waals surface area contributed by atoms with Gasteiger partial charge in [0.25, 0.3) is 5.91 Å². The minimum absolute atomic E-state index is 0.165. The van der Waals surface area contributed by atoms with Crippen molar-refractivity contribution < 1.29 is 17.9 Å². The quantitative estimate of drug-likeness (QED) is 0.373. The first-order valence-corrected chi connectivity index (χ1v) is 13.3. The number of anilines is 1. The maximum atomic E-state index is 12.5. The molecule has 0 atom stereocenters. The van der Waals surface area contributed by atoms with Crippen LogP contribution in [0.4, 0.5) is 5.69 Å². The topological polar surface area (TPSA) is 75.7 Å². The number of nitrogens with one attached hydrogen (secondary N) is 1. The van der Waals surface area contributed by atoms with Crippen LogP contribution in [0.3, 0.4) is 0 Å². The molecule has 0 aliphatic carbocycles. The Morgan fingerprint density at radius 3 is 2.15 bits per heavy atom. The molecular weight excluding hydrogens is 472 g/mol. The predicted molar refractivity (Wildman–Crippen MR) is 137 cm³/mol. The molecule has 3 aromatic carbocycles. The molecule has 0 spiro atoms. The number of hydrogen-bond acceptors (Lipinski definition) is 4. The number of sulfonamides is 1. The highest BCUT2D eigenvalue weighted by Crippen LogP contribution is 2.22. The first-order chi connectivity index (χ1) is 16.3. The van der Waals surface area contributed by atoms with Crippen LogP contribution in [0.15, 0.2) is 72.8 Å². The Kier molecular flexibility index (Phi) is 8.96. The number of carbonyl (C=O) groups is 1. The van der Waals surface area contributed by atoms with E-state index >= 15 is 0 Å². The van der Waals surface area contributed by atoms with Crippen LogP contribution in [-0.4, -0.2) is 33.7 Å². The molecule has 0 fully saturated rings. The van der Waals surface area contributed by atoms with Crippen LogP contribution in [0.1, 0.15) is 34.8 Å². The lowest BCUT2D eigenvalue weighted by molar-refractivity contribution is 0.0947. The number of halogens is 1. The van der Waals surface area contributed by atoms with Gasteiger partial charge in [0.1, 0.15) is 12.4 Å². The number of nitrogens with zero attached hydrogens (tertiary/aromatic N) is 1. The van der Waals surface area contributed by atoms with E-state index in [0.717, 1.165) is 30.4 Å². The molecule has 0 saturated carbocycles. The Morgan fingerprint density at radius 1 is 0.941 bits per heavy atom. The summed E-state index contributed by atoms with van der Waals surface area (Å²) in [5, 5.41) is 3.40. The van der Waals surface area contributed by atoms with E-state index in [9.17, 15) is 13.2 Å². The first-order valence-electron chi connectivity index (χ1n) is 11.1. The number of aryl methyl sites for hydroxylation is 1. The van der Waals surface area contributed by atoms with Gasteiger partial charge in [-0.25, -0.2) is 8.42 Å². The summed E-state index contributed by atoms with van der Waals surface area (Å²) >= 11 is 5.92. The van der Waals surface area contributed by atoms with Gasteiger partial charge in [-0.05, 0) is 66.1 Å². The van der Waals surface area contributed by atoms with E-state index in [4.69, 9.17) is 16.3 Å². The van der Waals surface area contributed by atoms with Gasteiger partial charge in [-0.3, -0.25) is 9.10 Å². The molecular formula is C26H29ClN2O4S. The third kappa shape index (κ3) is 7.50. The summed E-state index contributed by atoms with van der Waals surface area (Å²) in [5.74, 6) is 0.511. The van der Waals surface area contributed by atoms with Gasteiger partial charge in [0.05, 0.1) is 25.0 Å². The summed E-state index contributed by atoms with van der Waals surface area (Å²) in [5.41, 5.74) is 2.99. The molecule has 3 aromatic rings. The zero-order valence-corrected chi connectivity index (χ0v) is 20.9. The normalized spacial score (nSPS) is 11.1. The van der Waals surface area contributed by atoms with Gasteiger partial charge < -0.3 is 10.1 Å². The smallest absolute Gasteiger partial charge is 0.251 e. The summed E-state index contributed by atoms with van der Waals surface area (Å²) < 4.78 is 31.7. The van der Waals surface area contributed by atoms with Crippen LogP contribution in [0.5, 0.6) is 5.75 Å². The average molecular weight is 501 g/mol. The van der Waals surface area contributed by atoms with Crippen molar-refractivity contribution in [3.63, 3.8) is 0 Å². The summed E-state index contributed by atoms with van der Waals surface area (Å²) in [6.07, 6.45) is 3.29. The van der Waals surface area contributed by atoms with E-state index in [-0.39, 0.29) is 12.5 Å². The van der Waals surface area contributed by atoms with Crippen molar-refractivity contribution in [3.8, 4) is 5.75 Å². The van der Waals surface area contributed by atoms with E-state index in [1.165, 1.54) is 9.87 Å². The Bertz CT molecular complexity index is 1180. The maximum absolute atomic E-state index is 12.5. The van der Waals surface area contributed by atoms with Crippen molar-refractivity contribution in [2.24, 2.45) is 0 Å². The molecule has 0 saturated heterocycles. The van der Waals surface area contributed by atoms with Crippen LogP contribution in [0.25, 0.3) is 0 Å². The highest BCUT2D eigenvalue weighted by atomic mass is 35.5. The summed E-state index contributed by atoms with van der Waals surface area (Å²) in [6.45, 7) is 3.01. The standard InChI is InChI=1S/C26H29ClN2O4S/c1-3-4-20-7-15-25(16-8-20)33-18-17-28-26(30)22-9-13-24(14-10-22)29(34(2,31)32)19-21-5-11-23(27)12-6-21/h5-16H,3-4,17-19H2,1-2H3,(H,28,30). The molecule has 180 valence electrons. The second kappa shape index (κ2) is 11.9. The molecule has 0 heterocycles. The third-order valence-corrected chi connectivity index (χ3v) is 6.57. The second-order valence-electron chi connectivity index (χ2n) is 7.94. The molecule has 1 N–H and O–H groups in total. The van der Waals surface area contributed by atoms with E-state index in [2.05, 4.69) is 12.2 Å². The van der Waals surface area contributed by atoms with Gasteiger partial charge in [0.2, 0.25) is 10.0 Å². The summed E-state index contributed by atoms with van der Waals surface area (Å²) in [6, 6.07) is 21.4. The molecule has 0 unspecified atom stereocenters. The fraction of sp³-hybridized carbons (Fsp3) is 0.269. The Hall–Kier alpha value is -3.03. The van der Waals surface area contributed by atoms with Gasteiger partial charge in [-0.1, -0.05) is 49.2 Å². The molecule has 1 amide bonds. The lowest BCUT2D eigenvalue weighted by atomic mass is 10.1. The Morgan fingerprint density at radius 2 is 1.56 bits per heavy atom. The largest absolute Gasteiger partial charge is 0.492 e. The van der Waals surface area contributed by atoms with Crippen molar-refractivity contribution >= 4 is 33.2 Å². The lowest BCUT2D eigenvalue weighted by Crippen LogP contribution is -2.30. The van der Waals surface area contributed by atoms with Crippen LogP contribution >= 0.6 is 11.6 Å². The van der Waals surface area contributed by atoms with Crippen molar-refractivity contribution in [3.05, 3.63) is 94.5 Å².